The predicted molar refractivity (Wildman–Crippen MR) is 80.4 cm³/mol. The van der Waals surface area contributed by atoms with Crippen molar-refractivity contribution in [2.75, 3.05) is 27.2 Å². The lowest BCUT2D eigenvalue weighted by molar-refractivity contribution is -0.159. The van der Waals surface area contributed by atoms with Gasteiger partial charge in [-0.05, 0) is 0 Å². The Morgan fingerprint density at radius 3 is 1.38 bits per heavy atom. The van der Waals surface area contributed by atoms with E-state index in [1.807, 2.05) is 0 Å². The quantitative estimate of drug-likeness (QED) is 0.130. The lowest BCUT2D eigenvalue weighted by atomic mass is 10.5. The maximum absolute atomic E-state index is 11.3. The molecule has 0 saturated heterocycles. The molecule has 6 N–H and O–H groups in total. The normalized spacial score (nSPS) is 9.92. The third-order valence-corrected chi connectivity index (χ3v) is 2.34. The van der Waals surface area contributed by atoms with Crippen molar-refractivity contribution in [3.8, 4) is 0 Å². The van der Waals surface area contributed by atoms with E-state index in [1.165, 1.54) is 14.1 Å². The van der Waals surface area contributed by atoms with Crippen LogP contribution in [0.15, 0.2) is 12.2 Å². The van der Waals surface area contributed by atoms with Crippen LogP contribution < -0.4 is 11.5 Å². The molecule has 0 bridgehead atoms. The lowest BCUT2D eigenvalue weighted by Crippen LogP contribution is -2.38. The average molecular weight is 342 g/mol. The Bertz CT molecular complexity index is 537. The fourth-order valence-electron chi connectivity index (χ4n) is 1.05. The van der Waals surface area contributed by atoms with E-state index in [1.54, 1.807) is 0 Å². The first kappa shape index (κ1) is 20.6. The minimum absolute atomic E-state index is 0.396. The Hall–Kier alpha value is -3.44. The molecule has 0 atom stereocenters. The number of nitrogens with one attached hydrogen (secondary N) is 2. The molecule has 0 heterocycles. The first-order valence-electron chi connectivity index (χ1n) is 6.30. The zero-order valence-electron chi connectivity index (χ0n) is 13.1. The lowest BCUT2D eigenvalue weighted by Gasteiger charge is -2.14. The Balaban J connectivity index is 4.32. The van der Waals surface area contributed by atoms with Crippen LogP contribution in [0.5, 0.6) is 0 Å². The van der Waals surface area contributed by atoms with E-state index in [0.29, 0.717) is 12.2 Å². The molecule has 0 spiro atoms. The largest absolute Gasteiger partial charge is 0.389 e. The molecule has 0 unspecified atom stereocenters. The number of likely N-dealkylation sites (N-methyl/N-ethyl adjacent to an activating group) is 2. The van der Waals surface area contributed by atoms with Crippen LogP contribution in [-0.4, -0.2) is 72.8 Å². The average Bonchev–Trinajstić information content (AvgIpc) is 2.44. The molecule has 0 saturated carbocycles. The van der Waals surface area contributed by atoms with Gasteiger partial charge in [-0.15, -0.1) is 0 Å². The molecule has 0 aromatic heterocycles. The Labute approximate surface area is 137 Å². The molecule has 132 valence electrons. The van der Waals surface area contributed by atoms with E-state index in [4.69, 9.17) is 22.3 Å². The van der Waals surface area contributed by atoms with Crippen molar-refractivity contribution in [2.24, 2.45) is 11.5 Å². The fourth-order valence-corrected chi connectivity index (χ4v) is 1.05. The first-order valence-corrected chi connectivity index (χ1v) is 6.30. The number of esters is 4. The van der Waals surface area contributed by atoms with Crippen LogP contribution in [-0.2, 0) is 28.7 Å². The van der Waals surface area contributed by atoms with Crippen molar-refractivity contribution in [3.05, 3.63) is 12.2 Å². The van der Waals surface area contributed by atoms with Crippen LogP contribution in [0.2, 0.25) is 0 Å². The third-order valence-electron chi connectivity index (χ3n) is 2.34. The van der Waals surface area contributed by atoms with Crippen LogP contribution in [0.3, 0.4) is 0 Å². The molecule has 0 aliphatic rings. The highest BCUT2D eigenvalue weighted by Crippen LogP contribution is 1.91. The molecular formula is C12H18N6O6. The van der Waals surface area contributed by atoms with E-state index in [0.717, 1.165) is 9.80 Å². The van der Waals surface area contributed by atoms with Crippen molar-refractivity contribution in [1.29, 1.82) is 10.8 Å². The molecule has 12 nitrogen and oxygen atoms in total. The van der Waals surface area contributed by atoms with Crippen LogP contribution in [0.25, 0.3) is 0 Å². The molecule has 24 heavy (non-hydrogen) atoms. The monoisotopic (exact) mass is 342 g/mol. The van der Waals surface area contributed by atoms with Crippen LogP contribution >= 0.6 is 0 Å². The number of hydrogen-bond donors (Lipinski definition) is 4. The molecule has 0 aromatic rings. The van der Waals surface area contributed by atoms with Gasteiger partial charge in [0.15, 0.2) is 11.9 Å². The second-order valence-corrected chi connectivity index (χ2v) is 4.40. The second-order valence-electron chi connectivity index (χ2n) is 4.40. The van der Waals surface area contributed by atoms with Crippen LogP contribution in [0.4, 0.5) is 0 Å². The summed E-state index contributed by atoms with van der Waals surface area (Å²) in [4.78, 5) is 47.2. The minimum Gasteiger partial charge on any atom is -0.389 e. The predicted octanol–water partition coefficient (Wildman–Crippen LogP) is -2.67. The van der Waals surface area contributed by atoms with Gasteiger partial charge in [-0.25, -0.2) is 19.2 Å². The van der Waals surface area contributed by atoms with E-state index in [-0.39, 0.29) is 0 Å². The van der Waals surface area contributed by atoms with E-state index < -0.39 is 48.9 Å². The van der Waals surface area contributed by atoms with Gasteiger partial charge in [0.25, 0.3) is 0 Å². The smallest absolute Gasteiger partial charge is 0.338 e. The summed E-state index contributed by atoms with van der Waals surface area (Å²) in [5.74, 6) is -5.10. The van der Waals surface area contributed by atoms with Gasteiger partial charge in [-0.3, -0.25) is 10.8 Å². The van der Waals surface area contributed by atoms with Crippen molar-refractivity contribution in [2.45, 2.75) is 0 Å². The molecular weight excluding hydrogens is 324 g/mol. The summed E-state index contributed by atoms with van der Waals surface area (Å²) in [5.41, 5.74) is 10.2. The number of guanidine groups is 2. The van der Waals surface area contributed by atoms with E-state index in [9.17, 15) is 19.2 Å². The van der Waals surface area contributed by atoms with Crippen LogP contribution in [0.1, 0.15) is 0 Å². The molecule has 0 aliphatic carbocycles. The van der Waals surface area contributed by atoms with Crippen molar-refractivity contribution in [3.63, 3.8) is 0 Å². The number of carbonyl (C=O) groups excluding carboxylic acids is 4. The molecule has 0 fully saturated rings. The molecule has 0 amide bonds. The third kappa shape index (κ3) is 8.76. The highest BCUT2D eigenvalue weighted by atomic mass is 16.6. The summed E-state index contributed by atoms with van der Waals surface area (Å²) in [6, 6.07) is 0. The number of rotatable bonds is 6. The Kier molecular flexibility index (Phi) is 8.18. The number of carbonyl (C=O) groups is 4. The van der Waals surface area contributed by atoms with Gasteiger partial charge in [0.05, 0.1) is 0 Å². The van der Waals surface area contributed by atoms with Crippen molar-refractivity contribution in [1.82, 2.24) is 9.80 Å². The standard InChI is InChI=1S/C12H18N6O6/c1-17(11(13)14)5-9(21)23-7(19)3-4-8(20)24-10(22)6-18(2)12(15)16/h3-4H,5-6H2,1-2H3,(H3,13,14)(H3,15,16)/b4-3-. The highest BCUT2D eigenvalue weighted by molar-refractivity contribution is 6.00. The highest BCUT2D eigenvalue weighted by Gasteiger charge is 2.14. The molecule has 0 rings (SSSR count). The van der Waals surface area contributed by atoms with Gasteiger partial charge in [0.2, 0.25) is 0 Å². The molecule has 0 radical (unpaired) electrons. The fraction of sp³-hybridized carbons (Fsp3) is 0.333. The Morgan fingerprint density at radius 2 is 1.12 bits per heavy atom. The Morgan fingerprint density at radius 1 is 0.833 bits per heavy atom. The maximum atomic E-state index is 11.3. The van der Waals surface area contributed by atoms with Crippen LogP contribution in [0, 0.1) is 10.8 Å². The number of nitrogens with zero attached hydrogens (tertiary/aromatic N) is 2. The maximum Gasteiger partial charge on any atom is 0.338 e. The zero-order chi connectivity index (χ0) is 18.9. The van der Waals surface area contributed by atoms with Crippen molar-refractivity contribution < 1.29 is 28.7 Å². The molecule has 0 aromatic carbocycles. The number of ether oxygens (including phenoxy) is 2. The second kappa shape index (κ2) is 9.55. The van der Waals surface area contributed by atoms with Gasteiger partial charge < -0.3 is 30.7 Å². The number of nitrogens with two attached hydrogens (primary N) is 2. The van der Waals surface area contributed by atoms with Gasteiger partial charge in [-0.1, -0.05) is 0 Å². The summed E-state index contributed by atoms with van der Waals surface area (Å²) in [6.07, 6.45) is 1.19. The van der Waals surface area contributed by atoms with Gasteiger partial charge in [-0.2, -0.15) is 0 Å². The minimum atomic E-state index is -1.16. The molecule has 0 aliphatic heterocycles. The van der Waals surface area contributed by atoms with Gasteiger partial charge in [0.1, 0.15) is 13.1 Å². The van der Waals surface area contributed by atoms with Gasteiger partial charge in [0, 0.05) is 26.2 Å². The summed E-state index contributed by atoms with van der Waals surface area (Å²) in [5, 5.41) is 14.1. The summed E-state index contributed by atoms with van der Waals surface area (Å²) >= 11 is 0. The summed E-state index contributed by atoms with van der Waals surface area (Å²) in [7, 11) is 2.68. The first-order chi connectivity index (χ1) is 11.0. The number of hydrogen-bond acceptors (Lipinski definition) is 8. The summed E-state index contributed by atoms with van der Waals surface area (Å²) in [6.45, 7) is -0.871. The SMILES string of the molecule is CN(CC(=O)OC(=O)/C=C\C(=O)OC(=O)CN(C)C(=N)N)C(=N)N. The van der Waals surface area contributed by atoms with E-state index >= 15 is 0 Å². The zero-order valence-corrected chi connectivity index (χ0v) is 13.1. The topological polar surface area (TPSA) is 193 Å². The van der Waals surface area contributed by atoms with Crippen molar-refractivity contribution >= 4 is 35.8 Å². The summed E-state index contributed by atoms with van der Waals surface area (Å²) < 4.78 is 8.64. The van der Waals surface area contributed by atoms with Gasteiger partial charge >= 0.3 is 23.9 Å². The van der Waals surface area contributed by atoms with E-state index in [2.05, 4.69) is 9.47 Å². The molecule has 12 heteroatoms.